The second kappa shape index (κ2) is 4.59. The number of sulfone groups is 1. The van der Waals surface area contributed by atoms with E-state index >= 15 is 0 Å². The fourth-order valence-corrected chi connectivity index (χ4v) is 2.13. The normalized spacial score (nSPS) is 21.3. The second-order valence-corrected chi connectivity index (χ2v) is 6.51. The van der Waals surface area contributed by atoms with Gasteiger partial charge in [0, 0.05) is 11.8 Å². The van der Waals surface area contributed by atoms with Crippen LogP contribution in [0.1, 0.15) is 25.7 Å². The van der Waals surface area contributed by atoms with Crippen LogP contribution in [0.2, 0.25) is 0 Å². The Morgan fingerprint density at radius 3 is 2.43 bits per heavy atom. The van der Waals surface area contributed by atoms with Gasteiger partial charge in [0.2, 0.25) is 0 Å². The minimum absolute atomic E-state index is 0.0864. The summed E-state index contributed by atoms with van der Waals surface area (Å²) in [6.45, 7) is 0.750. The van der Waals surface area contributed by atoms with Crippen molar-refractivity contribution in [2.24, 2.45) is 5.73 Å². The predicted octanol–water partition coefficient (Wildman–Crippen LogP) is 0.319. The van der Waals surface area contributed by atoms with E-state index in [9.17, 15) is 8.42 Å². The van der Waals surface area contributed by atoms with E-state index in [2.05, 4.69) is 0 Å². The van der Waals surface area contributed by atoms with E-state index in [1.54, 1.807) is 0 Å². The Kier molecular flexibility index (Phi) is 3.92. The van der Waals surface area contributed by atoms with Crippen molar-refractivity contribution < 1.29 is 13.2 Å². The molecule has 1 saturated carbocycles. The highest BCUT2D eigenvalue weighted by atomic mass is 32.2. The quantitative estimate of drug-likeness (QED) is 0.679. The van der Waals surface area contributed by atoms with Crippen molar-refractivity contribution in [2.75, 3.05) is 25.2 Å². The Labute approximate surface area is 85.7 Å². The van der Waals surface area contributed by atoms with Crippen molar-refractivity contribution >= 4 is 9.84 Å². The van der Waals surface area contributed by atoms with Crippen LogP contribution < -0.4 is 5.73 Å². The number of ether oxygens (including phenoxy) is 1. The van der Waals surface area contributed by atoms with Gasteiger partial charge in [0.05, 0.1) is 19.0 Å². The van der Waals surface area contributed by atoms with Crippen LogP contribution in [-0.2, 0) is 14.6 Å². The molecule has 5 heteroatoms. The maximum atomic E-state index is 10.8. The number of nitrogens with two attached hydrogens (primary N) is 1. The first-order chi connectivity index (χ1) is 6.41. The zero-order valence-electron chi connectivity index (χ0n) is 8.66. The average Bonchev–Trinajstić information content (AvgIpc) is 2.45. The molecule has 0 aromatic heterocycles. The summed E-state index contributed by atoms with van der Waals surface area (Å²) in [6, 6.07) is 0. The third kappa shape index (κ3) is 4.39. The third-order valence-electron chi connectivity index (χ3n) is 2.59. The Morgan fingerprint density at radius 1 is 1.36 bits per heavy atom. The monoisotopic (exact) mass is 221 g/mol. The molecule has 84 valence electrons. The molecule has 1 fully saturated rings. The Bertz CT molecular complexity index is 268. The molecule has 14 heavy (non-hydrogen) atoms. The minimum atomic E-state index is -2.91. The first-order valence-electron chi connectivity index (χ1n) is 4.96. The van der Waals surface area contributed by atoms with Gasteiger partial charge in [0.15, 0.2) is 0 Å². The molecule has 0 unspecified atom stereocenters. The lowest BCUT2D eigenvalue weighted by molar-refractivity contribution is 0.0979. The van der Waals surface area contributed by atoms with Gasteiger partial charge < -0.3 is 10.5 Å². The summed E-state index contributed by atoms with van der Waals surface area (Å²) in [7, 11) is -2.91. The van der Waals surface area contributed by atoms with Crippen LogP contribution in [0.15, 0.2) is 0 Å². The van der Waals surface area contributed by atoms with E-state index < -0.39 is 9.84 Å². The van der Waals surface area contributed by atoms with Gasteiger partial charge >= 0.3 is 0 Å². The molecule has 0 bridgehead atoms. The standard InChI is InChI=1S/C9H19NO3S/c1-14(11,12)7-6-13-8-9(10)4-2-3-5-9/h2-8,10H2,1H3. The molecular weight excluding hydrogens is 202 g/mol. The highest BCUT2D eigenvalue weighted by Crippen LogP contribution is 2.27. The van der Waals surface area contributed by atoms with Crippen LogP contribution in [-0.4, -0.2) is 39.2 Å². The van der Waals surface area contributed by atoms with Gasteiger partial charge in [-0.05, 0) is 12.8 Å². The molecule has 0 atom stereocenters. The van der Waals surface area contributed by atoms with Gasteiger partial charge in [-0.3, -0.25) is 0 Å². The summed E-state index contributed by atoms with van der Waals surface area (Å²) in [5.74, 6) is 0.0864. The van der Waals surface area contributed by atoms with E-state index in [4.69, 9.17) is 10.5 Å². The van der Waals surface area contributed by atoms with E-state index in [1.165, 1.54) is 6.26 Å². The summed E-state index contributed by atoms with van der Waals surface area (Å²) in [5.41, 5.74) is 5.84. The second-order valence-electron chi connectivity index (χ2n) is 4.25. The van der Waals surface area contributed by atoms with E-state index in [0.717, 1.165) is 25.7 Å². The smallest absolute Gasteiger partial charge is 0.149 e. The molecule has 1 rings (SSSR count). The lowest BCUT2D eigenvalue weighted by Crippen LogP contribution is -2.41. The average molecular weight is 221 g/mol. The van der Waals surface area contributed by atoms with Crippen molar-refractivity contribution in [3.05, 3.63) is 0 Å². The lowest BCUT2D eigenvalue weighted by atomic mass is 10.0. The van der Waals surface area contributed by atoms with Gasteiger partial charge in [0.25, 0.3) is 0 Å². The van der Waals surface area contributed by atoms with Crippen molar-refractivity contribution in [1.82, 2.24) is 0 Å². The highest BCUT2D eigenvalue weighted by Gasteiger charge is 2.29. The fourth-order valence-electron chi connectivity index (χ4n) is 1.71. The van der Waals surface area contributed by atoms with Gasteiger partial charge in [-0.2, -0.15) is 0 Å². The first-order valence-corrected chi connectivity index (χ1v) is 7.02. The van der Waals surface area contributed by atoms with Crippen molar-refractivity contribution in [1.29, 1.82) is 0 Å². The van der Waals surface area contributed by atoms with Gasteiger partial charge in [-0.1, -0.05) is 12.8 Å². The van der Waals surface area contributed by atoms with Crippen molar-refractivity contribution in [3.8, 4) is 0 Å². The topological polar surface area (TPSA) is 69.4 Å². The summed E-state index contributed by atoms with van der Waals surface area (Å²) in [4.78, 5) is 0. The largest absolute Gasteiger partial charge is 0.378 e. The van der Waals surface area contributed by atoms with E-state index in [1.807, 2.05) is 0 Å². The Hall–Kier alpha value is -0.130. The molecule has 0 aromatic rings. The molecule has 2 N–H and O–H groups in total. The van der Waals surface area contributed by atoms with Crippen LogP contribution in [0.3, 0.4) is 0 Å². The zero-order valence-corrected chi connectivity index (χ0v) is 9.48. The summed E-state index contributed by atoms with van der Waals surface area (Å²) >= 11 is 0. The Morgan fingerprint density at radius 2 is 1.93 bits per heavy atom. The SMILES string of the molecule is CS(=O)(=O)CCOCC1(N)CCCC1. The van der Waals surface area contributed by atoms with Crippen LogP contribution in [0.4, 0.5) is 0 Å². The molecule has 0 spiro atoms. The number of hydrogen-bond donors (Lipinski definition) is 1. The number of hydrogen-bond acceptors (Lipinski definition) is 4. The minimum Gasteiger partial charge on any atom is -0.378 e. The highest BCUT2D eigenvalue weighted by molar-refractivity contribution is 7.90. The molecule has 0 aliphatic heterocycles. The third-order valence-corrected chi connectivity index (χ3v) is 3.50. The molecule has 0 amide bonds. The van der Waals surface area contributed by atoms with E-state index in [0.29, 0.717) is 6.61 Å². The first kappa shape index (κ1) is 11.9. The fraction of sp³-hybridized carbons (Fsp3) is 1.00. The van der Waals surface area contributed by atoms with Crippen molar-refractivity contribution in [2.45, 2.75) is 31.2 Å². The molecule has 1 aliphatic rings. The molecular formula is C9H19NO3S. The maximum Gasteiger partial charge on any atom is 0.149 e. The van der Waals surface area contributed by atoms with Gasteiger partial charge in [-0.25, -0.2) is 8.42 Å². The maximum absolute atomic E-state index is 10.8. The van der Waals surface area contributed by atoms with Crippen LogP contribution in [0, 0.1) is 0 Å². The van der Waals surface area contributed by atoms with Gasteiger partial charge in [0.1, 0.15) is 9.84 Å². The lowest BCUT2D eigenvalue weighted by Gasteiger charge is -2.22. The molecule has 0 radical (unpaired) electrons. The summed E-state index contributed by atoms with van der Waals surface area (Å²) in [6.07, 6.45) is 5.51. The van der Waals surface area contributed by atoms with Crippen LogP contribution in [0.25, 0.3) is 0 Å². The molecule has 0 aromatic carbocycles. The van der Waals surface area contributed by atoms with Gasteiger partial charge in [-0.15, -0.1) is 0 Å². The van der Waals surface area contributed by atoms with Crippen molar-refractivity contribution in [3.63, 3.8) is 0 Å². The molecule has 0 heterocycles. The molecule has 1 aliphatic carbocycles. The van der Waals surface area contributed by atoms with Crippen LogP contribution in [0.5, 0.6) is 0 Å². The molecule has 4 nitrogen and oxygen atoms in total. The zero-order chi connectivity index (χ0) is 10.7. The summed E-state index contributed by atoms with van der Waals surface area (Å²) < 4.78 is 26.9. The number of rotatable bonds is 5. The summed E-state index contributed by atoms with van der Waals surface area (Å²) in [5, 5.41) is 0. The molecule has 0 saturated heterocycles. The predicted molar refractivity (Wildman–Crippen MR) is 55.9 cm³/mol. The van der Waals surface area contributed by atoms with Crippen LogP contribution >= 0.6 is 0 Å². The Balaban J connectivity index is 2.15. The van der Waals surface area contributed by atoms with E-state index in [-0.39, 0.29) is 17.9 Å².